The van der Waals surface area contributed by atoms with E-state index in [2.05, 4.69) is 10.6 Å². The summed E-state index contributed by atoms with van der Waals surface area (Å²) in [5.41, 5.74) is 0.269. The summed E-state index contributed by atoms with van der Waals surface area (Å²) >= 11 is 0. The van der Waals surface area contributed by atoms with E-state index in [1.807, 2.05) is 13.8 Å². The van der Waals surface area contributed by atoms with Gasteiger partial charge < -0.3 is 15.7 Å². The van der Waals surface area contributed by atoms with Crippen LogP contribution in [0, 0.1) is 0 Å². The number of hydrogen-bond donors (Lipinski definition) is 3. The van der Waals surface area contributed by atoms with E-state index in [-0.39, 0.29) is 12.5 Å². The molecule has 0 aliphatic heterocycles. The van der Waals surface area contributed by atoms with Crippen molar-refractivity contribution >= 4 is 18.0 Å². The van der Waals surface area contributed by atoms with Crippen molar-refractivity contribution in [2.75, 3.05) is 11.9 Å². The molecule has 0 atom stereocenters. The fraction of sp³-hybridized carbons (Fsp3) is 0.429. The van der Waals surface area contributed by atoms with Crippen molar-refractivity contribution in [1.82, 2.24) is 5.32 Å². The first-order chi connectivity index (χ1) is 9.04. The van der Waals surface area contributed by atoms with Crippen LogP contribution in [-0.2, 0) is 4.79 Å². The predicted molar refractivity (Wildman–Crippen MR) is 74.0 cm³/mol. The summed E-state index contributed by atoms with van der Waals surface area (Å²) in [5.74, 6) is -0.238. The Morgan fingerprint density at radius 2 is 1.84 bits per heavy atom. The van der Waals surface area contributed by atoms with Gasteiger partial charge in [0.15, 0.2) is 0 Å². The third-order valence-electron chi connectivity index (χ3n) is 3.27. The molecule has 0 radical (unpaired) electrons. The lowest BCUT2D eigenvalue weighted by molar-refractivity contribution is -0.105. The summed E-state index contributed by atoms with van der Waals surface area (Å²) in [6, 6.07) is 6.54. The lowest BCUT2D eigenvalue weighted by Gasteiger charge is -2.25. The molecule has 5 heteroatoms. The Hall–Kier alpha value is -1.88. The highest BCUT2D eigenvalue weighted by molar-refractivity contribution is 5.94. The average Bonchev–Trinajstić information content (AvgIpc) is 2.45. The quantitative estimate of drug-likeness (QED) is 0.654. The number of nitrogens with one attached hydrogen (secondary N) is 2. The molecule has 0 aliphatic rings. The SMILES string of the molecule is CCC(O)(CC)CNC(=O)c1ccc(NC=O)cc1. The van der Waals surface area contributed by atoms with Crippen LogP contribution < -0.4 is 10.6 Å². The summed E-state index contributed by atoms with van der Waals surface area (Å²) in [6.45, 7) is 4.00. The van der Waals surface area contributed by atoms with Gasteiger partial charge in [-0.1, -0.05) is 13.8 Å². The van der Waals surface area contributed by atoms with E-state index in [1.54, 1.807) is 24.3 Å². The van der Waals surface area contributed by atoms with Crippen molar-refractivity contribution in [3.8, 4) is 0 Å². The van der Waals surface area contributed by atoms with E-state index >= 15 is 0 Å². The van der Waals surface area contributed by atoms with Gasteiger partial charge in [0.25, 0.3) is 5.91 Å². The molecule has 0 heterocycles. The standard InChI is InChI=1S/C14H20N2O3/c1-3-14(19,4-2)9-15-13(18)11-5-7-12(8-6-11)16-10-17/h5-8,10,19H,3-4,9H2,1-2H3,(H,15,18)(H,16,17). The second-order valence-electron chi connectivity index (χ2n) is 4.45. The van der Waals surface area contributed by atoms with Gasteiger partial charge in [0.1, 0.15) is 0 Å². The molecular weight excluding hydrogens is 244 g/mol. The van der Waals surface area contributed by atoms with Crippen LogP contribution in [0.5, 0.6) is 0 Å². The number of anilines is 1. The molecule has 0 unspecified atom stereocenters. The second-order valence-corrected chi connectivity index (χ2v) is 4.45. The van der Waals surface area contributed by atoms with Crippen LogP contribution in [0.25, 0.3) is 0 Å². The molecule has 2 amide bonds. The van der Waals surface area contributed by atoms with Gasteiger partial charge in [-0.2, -0.15) is 0 Å². The number of hydrogen-bond acceptors (Lipinski definition) is 3. The van der Waals surface area contributed by atoms with Crippen LogP contribution in [-0.4, -0.2) is 29.6 Å². The summed E-state index contributed by atoms with van der Waals surface area (Å²) in [5, 5.41) is 15.3. The molecule has 0 saturated heterocycles. The number of carbonyl (C=O) groups excluding carboxylic acids is 2. The topological polar surface area (TPSA) is 78.4 Å². The third kappa shape index (κ3) is 4.37. The summed E-state index contributed by atoms with van der Waals surface area (Å²) in [6.07, 6.45) is 1.76. The number of benzene rings is 1. The minimum Gasteiger partial charge on any atom is -0.388 e. The van der Waals surface area contributed by atoms with Crippen LogP contribution in [0.15, 0.2) is 24.3 Å². The number of rotatable bonds is 7. The van der Waals surface area contributed by atoms with E-state index in [1.165, 1.54) is 0 Å². The van der Waals surface area contributed by atoms with E-state index in [4.69, 9.17) is 0 Å². The van der Waals surface area contributed by atoms with E-state index < -0.39 is 5.60 Å². The van der Waals surface area contributed by atoms with Gasteiger partial charge in [-0.05, 0) is 37.1 Å². The van der Waals surface area contributed by atoms with Crippen molar-refractivity contribution in [2.24, 2.45) is 0 Å². The van der Waals surface area contributed by atoms with Crippen LogP contribution in [0.2, 0.25) is 0 Å². The van der Waals surface area contributed by atoms with Gasteiger partial charge in [0, 0.05) is 17.8 Å². The molecule has 19 heavy (non-hydrogen) atoms. The molecule has 3 N–H and O–H groups in total. The molecule has 104 valence electrons. The maximum atomic E-state index is 11.9. The Morgan fingerprint density at radius 3 is 2.32 bits per heavy atom. The molecule has 0 spiro atoms. The van der Waals surface area contributed by atoms with Gasteiger partial charge in [0.05, 0.1) is 5.60 Å². The number of aliphatic hydroxyl groups is 1. The molecular formula is C14H20N2O3. The number of carbonyl (C=O) groups is 2. The summed E-state index contributed by atoms with van der Waals surface area (Å²) in [4.78, 5) is 22.1. The Balaban J connectivity index is 2.60. The van der Waals surface area contributed by atoms with Crippen molar-refractivity contribution in [3.63, 3.8) is 0 Å². The monoisotopic (exact) mass is 264 g/mol. The fourth-order valence-corrected chi connectivity index (χ4v) is 1.63. The normalized spacial score (nSPS) is 10.9. The smallest absolute Gasteiger partial charge is 0.251 e. The largest absolute Gasteiger partial charge is 0.388 e. The zero-order valence-electron chi connectivity index (χ0n) is 11.3. The maximum Gasteiger partial charge on any atom is 0.251 e. The van der Waals surface area contributed by atoms with Gasteiger partial charge >= 0.3 is 0 Å². The van der Waals surface area contributed by atoms with Crippen molar-refractivity contribution in [3.05, 3.63) is 29.8 Å². The highest BCUT2D eigenvalue weighted by Crippen LogP contribution is 2.13. The molecule has 0 aromatic heterocycles. The zero-order chi connectivity index (χ0) is 14.3. The van der Waals surface area contributed by atoms with Crippen LogP contribution >= 0.6 is 0 Å². The molecule has 0 saturated carbocycles. The van der Waals surface area contributed by atoms with Crippen molar-refractivity contribution < 1.29 is 14.7 Å². The average molecular weight is 264 g/mol. The molecule has 0 aliphatic carbocycles. The van der Waals surface area contributed by atoms with Crippen molar-refractivity contribution in [1.29, 1.82) is 0 Å². The van der Waals surface area contributed by atoms with Crippen LogP contribution in [0.1, 0.15) is 37.0 Å². The van der Waals surface area contributed by atoms with Gasteiger partial charge in [-0.3, -0.25) is 9.59 Å². The molecule has 0 bridgehead atoms. The molecule has 1 aromatic carbocycles. The van der Waals surface area contributed by atoms with E-state index in [0.717, 1.165) is 0 Å². The second kappa shape index (κ2) is 6.89. The van der Waals surface area contributed by atoms with Gasteiger partial charge in [0.2, 0.25) is 6.41 Å². The molecule has 0 fully saturated rings. The zero-order valence-corrected chi connectivity index (χ0v) is 11.3. The Kier molecular flexibility index (Phi) is 5.51. The van der Waals surface area contributed by atoms with Gasteiger partial charge in [-0.15, -0.1) is 0 Å². The lowest BCUT2D eigenvalue weighted by Crippen LogP contribution is -2.42. The van der Waals surface area contributed by atoms with Crippen molar-refractivity contribution in [2.45, 2.75) is 32.3 Å². The molecule has 1 rings (SSSR count). The minimum absolute atomic E-state index is 0.229. The lowest BCUT2D eigenvalue weighted by atomic mass is 9.97. The number of amides is 2. The Labute approximate surface area is 113 Å². The first-order valence-electron chi connectivity index (χ1n) is 6.35. The third-order valence-corrected chi connectivity index (χ3v) is 3.27. The summed E-state index contributed by atoms with van der Waals surface area (Å²) in [7, 11) is 0. The van der Waals surface area contributed by atoms with Crippen LogP contribution in [0.3, 0.4) is 0 Å². The maximum absolute atomic E-state index is 11.9. The fourth-order valence-electron chi connectivity index (χ4n) is 1.63. The molecule has 1 aromatic rings. The summed E-state index contributed by atoms with van der Waals surface area (Å²) < 4.78 is 0. The van der Waals surface area contributed by atoms with E-state index in [9.17, 15) is 14.7 Å². The predicted octanol–water partition coefficient (Wildman–Crippen LogP) is 1.54. The first-order valence-corrected chi connectivity index (χ1v) is 6.35. The minimum atomic E-state index is -0.853. The van der Waals surface area contributed by atoms with Crippen LogP contribution in [0.4, 0.5) is 5.69 Å². The Bertz CT molecular complexity index is 425. The van der Waals surface area contributed by atoms with Gasteiger partial charge in [-0.25, -0.2) is 0 Å². The Morgan fingerprint density at radius 1 is 1.26 bits per heavy atom. The highest BCUT2D eigenvalue weighted by Gasteiger charge is 2.22. The molecule has 5 nitrogen and oxygen atoms in total. The van der Waals surface area contributed by atoms with E-state index in [0.29, 0.717) is 30.5 Å². The highest BCUT2D eigenvalue weighted by atomic mass is 16.3. The first kappa shape index (κ1) is 15.2.